The highest BCUT2D eigenvalue weighted by Gasteiger charge is 2.24. The zero-order valence-corrected chi connectivity index (χ0v) is 15.8. The van der Waals surface area contributed by atoms with E-state index in [-0.39, 0.29) is 6.61 Å². The van der Waals surface area contributed by atoms with Gasteiger partial charge in [-0.1, -0.05) is 41.9 Å². The number of hydrogen-bond donors (Lipinski definition) is 1. The normalized spacial score (nSPS) is 20.2. The Hall–Kier alpha value is -1.85. The van der Waals surface area contributed by atoms with Crippen LogP contribution in [0.2, 0.25) is 5.02 Å². The van der Waals surface area contributed by atoms with E-state index in [1.54, 1.807) is 0 Å². The second kappa shape index (κ2) is 8.69. The Bertz CT molecular complexity index is 737. The van der Waals surface area contributed by atoms with Crippen LogP contribution in [0.5, 0.6) is 0 Å². The smallest absolute Gasteiger partial charge is 0.329 e. The van der Waals surface area contributed by atoms with Crippen LogP contribution in [0.1, 0.15) is 31.4 Å². The summed E-state index contributed by atoms with van der Waals surface area (Å²) in [5.74, 6) is 0.115. The largest absolute Gasteiger partial charge is 0.480 e. The summed E-state index contributed by atoms with van der Waals surface area (Å²) in [7, 11) is 0. The van der Waals surface area contributed by atoms with Crippen LogP contribution in [0, 0.1) is 18.8 Å². The molecule has 1 aromatic heterocycles. The van der Waals surface area contributed by atoms with Crippen molar-refractivity contribution in [1.82, 2.24) is 9.78 Å². The minimum absolute atomic E-state index is 0.203. The Kier molecular flexibility index (Phi) is 6.33. The zero-order valence-electron chi connectivity index (χ0n) is 15.0. The Balaban J connectivity index is 1.61. The Labute approximate surface area is 158 Å². The maximum absolute atomic E-state index is 10.5. The fourth-order valence-electron chi connectivity index (χ4n) is 3.70. The lowest BCUT2D eigenvalue weighted by molar-refractivity contribution is -0.142. The van der Waals surface area contributed by atoms with Crippen molar-refractivity contribution in [3.63, 3.8) is 0 Å². The molecule has 1 heterocycles. The van der Waals surface area contributed by atoms with Crippen LogP contribution >= 0.6 is 11.6 Å². The van der Waals surface area contributed by atoms with Gasteiger partial charge in [0.05, 0.1) is 23.0 Å². The number of aromatic nitrogens is 2. The first-order valence-electron chi connectivity index (χ1n) is 9.12. The fourth-order valence-corrected chi connectivity index (χ4v) is 3.95. The first kappa shape index (κ1) is 18.9. The SMILES string of the molecule is Cc1nn(CC2CCC(COCC(=O)O)CC2)c(-c2ccccc2)c1Cl. The maximum atomic E-state index is 10.5. The van der Waals surface area contributed by atoms with Gasteiger partial charge in [-0.2, -0.15) is 5.10 Å². The molecule has 26 heavy (non-hydrogen) atoms. The fraction of sp³-hybridized carbons (Fsp3) is 0.500. The molecule has 140 valence electrons. The van der Waals surface area contributed by atoms with Crippen molar-refractivity contribution in [1.29, 1.82) is 0 Å². The lowest BCUT2D eigenvalue weighted by atomic mass is 9.82. The molecule has 0 aliphatic heterocycles. The number of benzene rings is 1. The number of carbonyl (C=O) groups is 1. The molecule has 1 N–H and O–H groups in total. The molecule has 0 amide bonds. The van der Waals surface area contributed by atoms with Gasteiger partial charge in [-0.15, -0.1) is 0 Å². The van der Waals surface area contributed by atoms with Crippen LogP contribution in [-0.2, 0) is 16.1 Å². The highest BCUT2D eigenvalue weighted by atomic mass is 35.5. The number of hydrogen-bond acceptors (Lipinski definition) is 3. The molecule has 0 atom stereocenters. The quantitative estimate of drug-likeness (QED) is 0.776. The van der Waals surface area contributed by atoms with Crippen LogP contribution in [0.3, 0.4) is 0 Å². The van der Waals surface area contributed by atoms with Gasteiger partial charge in [-0.3, -0.25) is 4.68 Å². The van der Waals surface area contributed by atoms with Gasteiger partial charge in [0.1, 0.15) is 6.61 Å². The van der Waals surface area contributed by atoms with Gasteiger partial charge in [0.25, 0.3) is 0 Å². The summed E-state index contributed by atoms with van der Waals surface area (Å²) < 4.78 is 7.30. The molecule has 1 aliphatic carbocycles. The summed E-state index contributed by atoms with van der Waals surface area (Å²) in [5, 5.41) is 14.0. The second-order valence-corrected chi connectivity index (χ2v) is 7.47. The average Bonchev–Trinajstić information content (AvgIpc) is 2.91. The van der Waals surface area contributed by atoms with Crippen LogP contribution in [0.4, 0.5) is 0 Å². The molecular weight excluding hydrogens is 352 g/mol. The molecule has 1 aliphatic rings. The minimum atomic E-state index is -0.905. The van der Waals surface area contributed by atoms with E-state index in [2.05, 4.69) is 21.9 Å². The van der Waals surface area contributed by atoms with E-state index in [1.165, 1.54) is 0 Å². The molecule has 5 nitrogen and oxygen atoms in total. The number of rotatable bonds is 7. The maximum Gasteiger partial charge on any atom is 0.329 e. The molecule has 0 unspecified atom stereocenters. The van der Waals surface area contributed by atoms with E-state index in [0.717, 1.165) is 54.2 Å². The lowest BCUT2D eigenvalue weighted by Gasteiger charge is -2.28. The summed E-state index contributed by atoms with van der Waals surface area (Å²) in [6, 6.07) is 10.2. The summed E-state index contributed by atoms with van der Waals surface area (Å²) in [5.41, 5.74) is 2.95. The van der Waals surface area contributed by atoms with E-state index in [9.17, 15) is 4.79 Å². The van der Waals surface area contributed by atoms with Crippen molar-refractivity contribution in [2.75, 3.05) is 13.2 Å². The lowest BCUT2D eigenvalue weighted by Crippen LogP contribution is -2.23. The minimum Gasteiger partial charge on any atom is -0.480 e. The van der Waals surface area contributed by atoms with Crippen molar-refractivity contribution in [3.8, 4) is 11.3 Å². The predicted octanol–water partition coefficient (Wildman–Crippen LogP) is 4.42. The van der Waals surface area contributed by atoms with E-state index < -0.39 is 5.97 Å². The number of nitrogens with zero attached hydrogens (tertiary/aromatic N) is 2. The highest BCUT2D eigenvalue weighted by Crippen LogP contribution is 2.34. The summed E-state index contributed by atoms with van der Waals surface area (Å²) in [4.78, 5) is 10.5. The molecule has 0 saturated heterocycles. The Morgan fingerprint density at radius 3 is 2.54 bits per heavy atom. The van der Waals surface area contributed by atoms with E-state index in [0.29, 0.717) is 18.4 Å². The van der Waals surface area contributed by atoms with Gasteiger partial charge in [0.2, 0.25) is 0 Å². The van der Waals surface area contributed by atoms with Crippen molar-refractivity contribution in [3.05, 3.63) is 41.0 Å². The third-order valence-corrected chi connectivity index (χ3v) is 5.53. The molecule has 0 bridgehead atoms. The third kappa shape index (κ3) is 4.65. The molecule has 2 aromatic rings. The average molecular weight is 377 g/mol. The van der Waals surface area contributed by atoms with Gasteiger partial charge in [-0.25, -0.2) is 4.79 Å². The predicted molar refractivity (Wildman–Crippen MR) is 101 cm³/mol. The van der Waals surface area contributed by atoms with Crippen LogP contribution < -0.4 is 0 Å². The molecule has 1 fully saturated rings. The van der Waals surface area contributed by atoms with Gasteiger partial charge < -0.3 is 9.84 Å². The highest BCUT2D eigenvalue weighted by molar-refractivity contribution is 6.33. The molecule has 6 heteroatoms. The molecule has 1 saturated carbocycles. The first-order chi connectivity index (χ1) is 12.5. The van der Waals surface area contributed by atoms with E-state index >= 15 is 0 Å². The van der Waals surface area contributed by atoms with Gasteiger partial charge >= 0.3 is 5.97 Å². The van der Waals surface area contributed by atoms with Gasteiger partial charge in [0, 0.05) is 12.1 Å². The molecule has 1 aromatic carbocycles. The van der Waals surface area contributed by atoms with Crippen molar-refractivity contribution in [2.24, 2.45) is 11.8 Å². The Morgan fingerprint density at radius 2 is 1.88 bits per heavy atom. The monoisotopic (exact) mass is 376 g/mol. The second-order valence-electron chi connectivity index (χ2n) is 7.09. The number of carboxylic acid groups (broad SMARTS) is 1. The number of aryl methyl sites for hydroxylation is 1. The van der Waals surface area contributed by atoms with Crippen molar-refractivity contribution < 1.29 is 14.6 Å². The standard InChI is InChI=1S/C20H25ClN2O3/c1-14-19(21)20(17-5-3-2-4-6-17)23(22-14)11-15-7-9-16(10-8-15)12-26-13-18(24)25/h2-6,15-16H,7-13H2,1H3,(H,24,25). The number of carboxylic acids is 1. The van der Waals surface area contributed by atoms with E-state index in [1.807, 2.05) is 25.1 Å². The molecular formula is C20H25ClN2O3. The van der Waals surface area contributed by atoms with Crippen LogP contribution in [0.25, 0.3) is 11.3 Å². The van der Waals surface area contributed by atoms with E-state index in [4.69, 9.17) is 21.4 Å². The van der Waals surface area contributed by atoms with Gasteiger partial charge in [0.15, 0.2) is 0 Å². The van der Waals surface area contributed by atoms with Gasteiger partial charge in [-0.05, 0) is 44.4 Å². The summed E-state index contributed by atoms with van der Waals surface area (Å²) >= 11 is 6.52. The third-order valence-electron chi connectivity index (χ3n) is 5.08. The first-order valence-corrected chi connectivity index (χ1v) is 9.50. The van der Waals surface area contributed by atoms with Crippen molar-refractivity contribution in [2.45, 2.75) is 39.2 Å². The zero-order chi connectivity index (χ0) is 18.5. The molecule has 0 spiro atoms. The number of halogens is 1. The number of aliphatic carboxylic acids is 1. The Morgan fingerprint density at radius 1 is 1.23 bits per heavy atom. The van der Waals surface area contributed by atoms with Crippen molar-refractivity contribution >= 4 is 17.6 Å². The van der Waals surface area contributed by atoms with Crippen LogP contribution in [-0.4, -0.2) is 34.1 Å². The number of ether oxygens (including phenoxy) is 1. The topological polar surface area (TPSA) is 64.4 Å². The molecule has 3 rings (SSSR count). The van der Waals surface area contributed by atoms with Crippen LogP contribution in [0.15, 0.2) is 30.3 Å². The molecule has 0 radical (unpaired) electrons. The summed E-state index contributed by atoms with van der Waals surface area (Å²) in [6.45, 7) is 3.15. The summed E-state index contributed by atoms with van der Waals surface area (Å²) in [6.07, 6.45) is 4.34.